The summed E-state index contributed by atoms with van der Waals surface area (Å²) in [5.41, 5.74) is 2.33. The molecule has 108 valence electrons. The maximum atomic E-state index is 12.4. The molecule has 1 amide bonds. The molecule has 1 heterocycles. The predicted octanol–water partition coefficient (Wildman–Crippen LogP) is 3.43. The van der Waals surface area contributed by atoms with Crippen LogP contribution in [0.1, 0.15) is 18.4 Å². The molecule has 3 rings (SSSR count). The molecule has 3 heteroatoms. The number of hydrogen-bond donors (Lipinski definition) is 0. The number of hydrogen-bond acceptors (Lipinski definition) is 2. The molecule has 1 aliphatic rings. The van der Waals surface area contributed by atoms with E-state index in [-0.39, 0.29) is 5.91 Å². The van der Waals surface area contributed by atoms with Crippen molar-refractivity contribution in [3.8, 4) is 5.75 Å². The highest BCUT2D eigenvalue weighted by Crippen LogP contribution is 2.27. The smallest absolute Gasteiger partial charge is 0.230 e. The number of benzene rings is 2. The minimum absolute atomic E-state index is 0.137. The Morgan fingerprint density at radius 2 is 1.81 bits per heavy atom. The standard InChI is InChI=1S/C18H19NO2/c20-18(12-14-21-16-9-2-1-3-10-16)19-13-6-8-15-7-4-5-11-17(15)19/h1-5,7,9-11H,6,8,12-14H2. The number of fused-ring (bicyclic) bond motifs is 1. The normalized spacial score (nSPS) is 13.6. The number of rotatable bonds is 4. The molecule has 21 heavy (non-hydrogen) atoms. The Labute approximate surface area is 125 Å². The average Bonchev–Trinajstić information content (AvgIpc) is 2.55. The molecule has 0 aliphatic carbocycles. The van der Waals surface area contributed by atoms with Gasteiger partial charge < -0.3 is 9.64 Å². The SMILES string of the molecule is O=C(CCOc1ccccc1)N1CCCc2ccccc21. The summed E-state index contributed by atoms with van der Waals surface area (Å²) < 4.78 is 5.61. The molecule has 0 bridgehead atoms. The van der Waals surface area contributed by atoms with Crippen molar-refractivity contribution in [2.24, 2.45) is 0 Å². The van der Waals surface area contributed by atoms with Gasteiger partial charge in [-0.3, -0.25) is 4.79 Å². The Morgan fingerprint density at radius 3 is 2.67 bits per heavy atom. The zero-order valence-electron chi connectivity index (χ0n) is 12.0. The first kappa shape index (κ1) is 13.7. The second-order valence-electron chi connectivity index (χ2n) is 5.19. The third-order valence-corrected chi connectivity index (χ3v) is 3.74. The van der Waals surface area contributed by atoms with Crippen molar-refractivity contribution in [3.63, 3.8) is 0 Å². The number of carbonyl (C=O) groups is 1. The molecule has 0 spiro atoms. The second kappa shape index (κ2) is 6.44. The molecule has 0 aromatic heterocycles. The molecule has 0 unspecified atom stereocenters. The quantitative estimate of drug-likeness (QED) is 0.859. The van der Waals surface area contributed by atoms with Crippen LogP contribution >= 0.6 is 0 Å². The van der Waals surface area contributed by atoms with Crippen LogP contribution in [-0.4, -0.2) is 19.1 Å². The molecule has 3 nitrogen and oxygen atoms in total. The van der Waals surface area contributed by atoms with Gasteiger partial charge >= 0.3 is 0 Å². The van der Waals surface area contributed by atoms with Crippen LogP contribution in [0.3, 0.4) is 0 Å². The van der Waals surface area contributed by atoms with E-state index in [4.69, 9.17) is 4.74 Å². The van der Waals surface area contributed by atoms with Gasteiger partial charge in [0.2, 0.25) is 5.91 Å². The number of carbonyl (C=O) groups excluding carboxylic acids is 1. The fourth-order valence-corrected chi connectivity index (χ4v) is 2.70. The molecule has 0 radical (unpaired) electrons. The van der Waals surface area contributed by atoms with Crippen LogP contribution in [0.4, 0.5) is 5.69 Å². The van der Waals surface area contributed by atoms with Gasteiger partial charge in [0, 0.05) is 12.2 Å². The molecular weight excluding hydrogens is 262 g/mol. The van der Waals surface area contributed by atoms with E-state index in [2.05, 4.69) is 6.07 Å². The van der Waals surface area contributed by atoms with Gasteiger partial charge in [-0.2, -0.15) is 0 Å². The summed E-state index contributed by atoms with van der Waals surface area (Å²) in [6.07, 6.45) is 2.49. The predicted molar refractivity (Wildman–Crippen MR) is 83.7 cm³/mol. The van der Waals surface area contributed by atoms with Crippen LogP contribution in [-0.2, 0) is 11.2 Å². The summed E-state index contributed by atoms with van der Waals surface area (Å²) in [4.78, 5) is 14.3. The molecule has 0 saturated carbocycles. The van der Waals surface area contributed by atoms with E-state index in [0.29, 0.717) is 13.0 Å². The lowest BCUT2D eigenvalue weighted by Crippen LogP contribution is -2.36. The number of para-hydroxylation sites is 2. The minimum atomic E-state index is 0.137. The Bertz CT molecular complexity index is 610. The van der Waals surface area contributed by atoms with Crippen molar-refractivity contribution in [2.45, 2.75) is 19.3 Å². The highest BCUT2D eigenvalue weighted by Gasteiger charge is 2.21. The van der Waals surface area contributed by atoms with Crippen molar-refractivity contribution in [2.75, 3.05) is 18.1 Å². The van der Waals surface area contributed by atoms with E-state index >= 15 is 0 Å². The van der Waals surface area contributed by atoms with Crippen molar-refractivity contribution < 1.29 is 9.53 Å². The van der Waals surface area contributed by atoms with Crippen LogP contribution in [0.2, 0.25) is 0 Å². The Hall–Kier alpha value is -2.29. The van der Waals surface area contributed by atoms with Crippen molar-refractivity contribution in [1.82, 2.24) is 0 Å². The first-order valence-electron chi connectivity index (χ1n) is 7.41. The average molecular weight is 281 g/mol. The largest absolute Gasteiger partial charge is 0.493 e. The van der Waals surface area contributed by atoms with Crippen molar-refractivity contribution in [1.29, 1.82) is 0 Å². The van der Waals surface area contributed by atoms with Crippen molar-refractivity contribution >= 4 is 11.6 Å². The summed E-state index contributed by atoms with van der Waals surface area (Å²) in [6.45, 7) is 1.22. The van der Waals surface area contributed by atoms with Crippen molar-refractivity contribution in [3.05, 3.63) is 60.2 Å². The summed E-state index contributed by atoms with van der Waals surface area (Å²) in [5, 5.41) is 0. The third-order valence-electron chi connectivity index (χ3n) is 3.74. The highest BCUT2D eigenvalue weighted by atomic mass is 16.5. The molecule has 2 aromatic rings. The van der Waals surface area contributed by atoms with Gasteiger partial charge in [0.05, 0.1) is 13.0 Å². The number of ether oxygens (including phenoxy) is 1. The molecule has 0 atom stereocenters. The van der Waals surface area contributed by atoms with Crippen LogP contribution in [0.5, 0.6) is 5.75 Å². The second-order valence-corrected chi connectivity index (χ2v) is 5.19. The maximum Gasteiger partial charge on any atom is 0.230 e. The van der Waals surface area contributed by atoms with Crippen LogP contribution in [0.25, 0.3) is 0 Å². The topological polar surface area (TPSA) is 29.5 Å². The Kier molecular flexibility index (Phi) is 4.20. The van der Waals surface area contributed by atoms with E-state index in [0.717, 1.165) is 30.8 Å². The summed E-state index contributed by atoms with van der Waals surface area (Å²) >= 11 is 0. The fraction of sp³-hybridized carbons (Fsp3) is 0.278. The van der Waals surface area contributed by atoms with Gasteiger partial charge in [-0.25, -0.2) is 0 Å². The first-order chi connectivity index (χ1) is 10.3. The van der Waals surface area contributed by atoms with Gasteiger partial charge in [0.25, 0.3) is 0 Å². The lowest BCUT2D eigenvalue weighted by molar-refractivity contribution is -0.119. The van der Waals surface area contributed by atoms with E-state index in [1.54, 1.807) is 0 Å². The van der Waals surface area contributed by atoms with Gasteiger partial charge in [0.1, 0.15) is 5.75 Å². The first-order valence-corrected chi connectivity index (χ1v) is 7.41. The third kappa shape index (κ3) is 3.24. The molecule has 2 aromatic carbocycles. The maximum absolute atomic E-state index is 12.4. The van der Waals surface area contributed by atoms with Gasteiger partial charge in [-0.1, -0.05) is 36.4 Å². The summed E-state index contributed by atoms with van der Waals surface area (Å²) in [5.74, 6) is 0.947. The van der Waals surface area contributed by atoms with Gasteiger partial charge in [-0.05, 0) is 36.6 Å². The summed E-state index contributed by atoms with van der Waals surface area (Å²) in [7, 11) is 0. The van der Waals surface area contributed by atoms with E-state index in [1.165, 1.54) is 5.56 Å². The highest BCUT2D eigenvalue weighted by molar-refractivity contribution is 5.94. The van der Waals surface area contributed by atoms with E-state index < -0.39 is 0 Å². The van der Waals surface area contributed by atoms with Crippen LogP contribution in [0, 0.1) is 0 Å². The van der Waals surface area contributed by atoms with Gasteiger partial charge in [-0.15, -0.1) is 0 Å². The number of aryl methyl sites for hydroxylation is 1. The lowest BCUT2D eigenvalue weighted by Gasteiger charge is -2.29. The molecule has 0 N–H and O–H groups in total. The van der Waals surface area contributed by atoms with Gasteiger partial charge in [0.15, 0.2) is 0 Å². The van der Waals surface area contributed by atoms with Crippen LogP contribution in [0.15, 0.2) is 54.6 Å². The molecule has 0 saturated heterocycles. The number of nitrogens with zero attached hydrogens (tertiary/aromatic N) is 1. The number of amides is 1. The minimum Gasteiger partial charge on any atom is -0.493 e. The Balaban J connectivity index is 1.59. The zero-order valence-corrected chi connectivity index (χ0v) is 12.0. The molecule has 0 fully saturated rings. The number of anilines is 1. The summed E-state index contributed by atoms with van der Waals surface area (Å²) in [6, 6.07) is 17.8. The lowest BCUT2D eigenvalue weighted by atomic mass is 10.0. The Morgan fingerprint density at radius 1 is 1.05 bits per heavy atom. The molecule has 1 aliphatic heterocycles. The van der Waals surface area contributed by atoms with E-state index in [9.17, 15) is 4.79 Å². The van der Waals surface area contributed by atoms with E-state index in [1.807, 2.05) is 53.4 Å². The monoisotopic (exact) mass is 281 g/mol. The fourth-order valence-electron chi connectivity index (χ4n) is 2.70. The molecular formula is C18H19NO2. The van der Waals surface area contributed by atoms with Crippen LogP contribution < -0.4 is 9.64 Å². The zero-order chi connectivity index (χ0) is 14.5.